The third-order valence-corrected chi connectivity index (χ3v) is 5.01. The Labute approximate surface area is 195 Å². The van der Waals surface area contributed by atoms with Gasteiger partial charge in [0.15, 0.2) is 11.3 Å². The van der Waals surface area contributed by atoms with Crippen LogP contribution in [0.3, 0.4) is 0 Å². The molecule has 0 aliphatic heterocycles. The van der Waals surface area contributed by atoms with Crippen molar-refractivity contribution in [2.75, 3.05) is 20.0 Å². The van der Waals surface area contributed by atoms with Crippen LogP contribution in [0, 0.1) is 0 Å². The van der Waals surface area contributed by atoms with Gasteiger partial charge in [-0.2, -0.15) is 0 Å². The number of aromatic nitrogens is 2. The summed E-state index contributed by atoms with van der Waals surface area (Å²) in [4.78, 5) is 32.2. The van der Waals surface area contributed by atoms with Crippen LogP contribution in [-0.2, 0) is 16.1 Å². The van der Waals surface area contributed by atoms with Crippen LogP contribution in [0.2, 0.25) is 0 Å². The summed E-state index contributed by atoms with van der Waals surface area (Å²) in [5.41, 5.74) is 8.69. The average molecular weight is 458 g/mol. The second-order valence-electron chi connectivity index (χ2n) is 7.30. The van der Waals surface area contributed by atoms with Gasteiger partial charge in [-0.25, -0.2) is 9.78 Å². The Balaban J connectivity index is 1.50. The number of methoxy groups -OCH3 is 2. The lowest BCUT2D eigenvalue weighted by Gasteiger charge is -2.06. The lowest BCUT2D eigenvalue weighted by molar-refractivity contribution is -0.116. The molecule has 1 aromatic carbocycles. The van der Waals surface area contributed by atoms with Crippen molar-refractivity contribution in [3.05, 3.63) is 77.8 Å². The molecule has 1 amide bonds. The SMILES string of the molecule is COC(=O)c1ccc(-c2cc(OC)c3oc(CNC(=O)/C=C/c4ccc(N)nc4)cc3c2)nc1. The predicted octanol–water partition coefficient (Wildman–Crippen LogP) is 3.60. The number of rotatable bonds is 7. The molecule has 9 nitrogen and oxygen atoms in total. The number of ether oxygens (including phenoxy) is 2. The minimum absolute atomic E-state index is 0.197. The number of furan rings is 1. The van der Waals surface area contributed by atoms with Crippen molar-refractivity contribution in [1.82, 2.24) is 15.3 Å². The van der Waals surface area contributed by atoms with Crippen molar-refractivity contribution >= 4 is 34.7 Å². The van der Waals surface area contributed by atoms with Gasteiger partial charge in [-0.1, -0.05) is 0 Å². The number of amides is 1. The summed E-state index contributed by atoms with van der Waals surface area (Å²) >= 11 is 0. The monoisotopic (exact) mass is 458 g/mol. The highest BCUT2D eigenvalue weighted by molar-refractivity contribution is 5.92. The van der Waals surface area contributed by atoms with E-state index in [2.05, 4.69) is 15.3 Å². The van der Waals surface area contributed by atoms with E-state index in [9.17, 15) is 9.59 Å². The zero-order valence-corrected chi connectivity index (χ0v) is 18.6. The van der Waals surface area contributed by atoms with Crippen molar-refractivity contribution in [2.24, 2.45) is 0 Å². The minimum atomic E-state index is -0.450. The highest BCUT2D eigenvalue weighted by Crippen LogP contribution is 2.34. The van der Waals surface area contributed by atoms with Crippen LogP contribution in [0.4, 0.5) is 5.82 Å². The van der Waals surface area contributed by atoms with Crippen LogP contribution in [0.1, 0.15) is 21.7 Å². The normalized spacial score (nSPS) is 11.0. The number of hydrogen-bond acceptors (Lipinski definition) is 8. The van der Waals surface area contributed by atoms with Gasteiger partial charge in [-0.15, -0.1) is 0 Å². The van der Waals surface area contributed by atoms with Gasteiger partial charge in [0.05, 0.1) is 32.0 Å². The van der Waals surface area contributed by atoms with Crippen LogP contribution >= 0.6 is 0 Å². The molecule has 3 aromatic heterocycles. The molecular weight excluding hydrogens is 436 g/mol. The lowest BCUT2D eigenvalue weighted by atomic mass is 10.1. The van der Waals surface area contributed by atoms with Crippen molar-refractivity contribution in [3.8, 4) is 17.0 Å². The van der Waals surface area contributed by atoms with Gasteiger partial charge in [0.25, 0.3) is 0 Å². The van der Waals surface area contributed by atoms with Crippen molar-refractivity contribution in [1.29, 1.82) is 0 Å². The first-order valence-electron chi connectivity index (χ1n) is 10.3. The van der Waals surface area contributed by atoms with Gasteiger partial charge in [-0.05, 0) is 54.1 Å². The highest BCUT2D eigenvalue weighted by Gasteiger charge is 2.14. The zero-order valence-electron chi connectivity index (χ0n) is 18.6. The Bertz CT molecular complexity index is 1360. The summed E-state index contributed by atoms with van der Waals surface area (Å²) in [6.45, 7) is 0.197. The Morgan fingerprint density at radius 1 is 1.09 bits per heavy atom. The smallest absolute Gasteiger partial charge is 0.339 e. The van der Waals surface area contributed by atoms with Crippen LogP contribution in [0.5, 0.6) is 5.75 Å². The summed E-state index contributed by atoms with van der Waals surface area (Å²) in [6, 6.07) is 12.4. The molecule has 4 aromatic rings. The van der Waals surface area contributed by atoms with Crippen LogP contribution in [0.15, 0.2) is 65.4 Å². The largest absolute Gasteiger partial charge is 0.493 e. The quantitative estimate of drug-likeness (QED) is 0.317. The number of nitrogens with one attached hydrogen (secondary N) is 1. The molecular formula is C25H22N4O5. The number of carbonyl (C=O) groups is 2. The molecule has 0 unspecified atom stereocenters. The topological polar surface area (TPSA) is 130 Å². The first-order chi connectivity index (χ1) is 16.5. The molecule has 0 aliphatic carbocycles. The molecule has 0 saturated heterocycles. The molecule has 34 heavy (non-hydrogen) atoms. The van der Waals surface area contributed by atoms with E-state index in [0.717, 1.165) is 16.5 Å². The van der Waals surface area contributed by atoms with Gasteiger partial charge in [-0.3, -0.25) is 9.78 Å². The fourth-order valence-corrected chi connectivity index (χ4v) is 3.28. The van der Waals surface area contributed by atoms with Crippen LogP contribution in [-0.4, -0.2) is 36.1 Å². The van der Waals surface area contributed by atoms with Crippen molar-refractivity contribution < 1.29 is 23.5 Å². The fraction of sp³-hybridized carbons (Fsp3) is 0.120. The average Bonchev–Trinajstić information content (AvgIpc) is 3.29. The van der Waals surface area contributed by atoms with Gasteiger partial charge >= 0.3 is 5.97 Å². The molecule has 0 atom stereocenters. The van der Waals surface area contributed by atoms with E-state index >= 15 is 0 Å². The molecule has 3 N–H and O–H groups in total. The third kappa shape index (κ3) is 5.04. The molecule has 3 heterocycles. The predicted molar refractivity (Wildman–Crippen MR) is 127 cm³/mol. The van der Waals surface area contributed by atoms with E-state index in [1.54, 1.807) is 49.7 Å². The molecule has 0 saturated carbocycles. The Hall–Kier alpha value is -4.66. The zero-order chi connectivity index (χ0) is 24.1. The number of carbonyl (C=O) groups excluding carboxylic acids is 2. The molecule has 4 rings (SSSR count). The van der Waals surface area contributed by atoms with Crippen molar-refractivity contribution in [2.45, 2.75) is 6.54 Å². The van der Waals surface area contributed by atoms with Crippen molar-refractivity contribution in [3.63, 3.8) is 0 Å². The number of nitrogen functional groups attached to an aromatic ring is 1. The molecule has 172 valence electrons. The highest BCUT2D eigenvalue weighted by atomic mass is 16.5. The maximum absolute atomic E-state index is 12.2. The first-order valence-corrected chi connectivity index (χ1v) is 10.3. The molecule has 0 radical (unpaired) electrons. The Kier molecular flexibility index (Phi) is 6.54. The van der Waals surface area contributed by atoms with E-state index in [4.69, 9.17) is 19.6 Å². The Morgan fingerprint density at radius 2 is 1.94 bits per heavy atom. The number of nitrogens with two attached hydrogens (primary N) is 1. The summed E-state index contributed by atoms with van der Waals surface area (Å²) < 4.78 is 16.1. The number of pyridine rings is 2. The summed E-state index contributed by atoms with van der Waals surface area (Å²) in [6.07, 6.45) is 6.11. The molecule has 0 aliphatic rings. The van der Waals surface area contributed by atoms with E-state index in [1.807, 2.05) is 12.1 Å². The number of hydrogen-bond donors (Lipinski definition) is 2. The van der Waals surface area contributed by atoms with E-state index in [1.165, 1.54) is 19.4 Å². The van der Waals surface area contributed by atoms with Gasteiger partial charge in [0.2, 0.25) is 5.91 Å². The molecule has 0 bridgehead atoms. The van der Waals surface area contributed by atoms with Gasteiger partial charge in [0, 0.05) is 29.4 Å². The molecule has 0 spiro atoms. The maximum atomic E-state index is 12.2. The fourth-order valence-electron chi connectivity index (χ4n) is 3.28. The third-order valence-electron chi connectivity index (χ3n) is 5.01. The van der Waals surface area contributed by atoms with E-state index in [-0.39, 0.29) is 12.5 Å². The van der Waals surface area contributed by atoms with Crippen LogP contribution < -0.4 is 15.8 Å². The summed E-state index contributed by atoms with van der Waals surface area (Å²) in [7, 11) is 2.87. The molecule has 9 heteroatoms. The Morgan fingerprint density at radius 3 is 2.62 bits per heavy atom. The first kappa shape index (κ1) is 22.5. The number of benzene rings is 1. The number of fused-ring (bicyclic) bond motifs is 1. The van der Waals surface area contributed by atoms with Gasteiger partial charge < -0.3 is 24.9 Å². The maximum Gasteiger partial charge on any atom is 0.339 e. The van der Waals surface area contributed by atoms with E-state index < -0.39 is 5.97 Å². The van der Waals surface area contributed by atoms with Gasteiger partial charge in [0.1, 0.15) is 11.6 Å². The lowest BCUT2D eigenvalue weighted by Crippen LogP contribution is -2.19. The summed E-state index contributed by atoms with van der Waals surface area (Å²) in [5.74, 6) is 0.780. The standard InChI is InChI=1S/C25H22N4O5/c1-32-21-11-17(20-6-5-16(13-27-20)25(31)33-2)9-18-10-19(34-24(18)21)14-29-23(30)8-4-15-3-7-22(26)28-12-15/h3-13H,14H2,1-2H3,(H2,26,28)(H,29,30)/b8-4+. The molecule has 0 fully saturated rings. The van der Waals surface area contributed by atoms with Crippen LogP contribution in [0.25, 0.3) is 28.3 Å². The number of anilines is 1. The number of nitrogens with zero attached hydrogens (tertiary/aromatic N) is 2. The second kappa shape index (κ2) is 9.86. The summed E-state index contributed by atoms with van der Waals surface area (Å²) in [5, 5.41) is 3.58. The van der Waals surface area contributed by atoms with E-state index in [0.29, 0.717) is 34.2 Å². The number of esters is 1. The minimum Gasteiger partial charge on any atom is -0.493 e. The second-order valence-corrected chi connectivity index (χ2v) is 7.30.